The Hall–Kier alpha value is -1.51. The zero-order valence-corrected chi connectivity index (χ0v) is 12.5. The van der Waals surface area contributed by atoms with Crippen LogP contribution in [0, 0.1) is 0 Å². The molecular weight excluding hydrogens is 318 g/mol. The van der Waals surface area contributed by atoms with E-state index in [9.17, 15) is 18.3 Å². The first-order chi connectivity index (χ1) is 9.49. The van der Waals surface area contributed by atoms with Gasteiger partial charge in [-0.15, -0.1) is 22.7 Å². The van der Waals surface area contributed by atoms with E-state index in [4.69, 9.17) is 0 Å². The summed E-state index contributed by atoms with van der Waals surface area (Å²) in [5, 5.41) is 14.7. The summed E-state index contributed by atoms with van der Waals surface area (Å²) in [6.07, 6.45) is 0.415. The molecule has 0 saturated carbocycles. The summed E-state index contributed by atoms with van der Waals surface area (Å²) in [5.74, 6) is -1.19. The smallest absolute Gasteiger partial charge is 0.188 e. The summed E-state index contributed by atoms with van der Waals surface area (Å²) < 4.78 is 24.0. The average Bonchev–Trinajstić information content (AvgIpc) is 2.96. The van der Waals surface area contributed by atoms with Crippen LogP contribution < -0.4 is 10.5 Å². The highest BCUT2D eigenvalue weighted by molar-refractivity contribution is 7.93. The van der Waals surface area contributed by atoms with E-state index in [1.807, 2.05) is 0 Å². The van der Waals surface area contributed by atoms with E-state index in [0.717, 1.165) is 11.3 Å². The zero-order valence-electron chi connectivity index (χ0n) is 10.0. The van der Waals surface area contributed by atoms with Crippen molar-refractivity contribution >= 4 is 44.2 Å². The van der Waals surface area contributed by atoms with Crippen LogP contribution in [0.5, 0.6) is 0 Å². The number of aromatic carboxylic acids is 1. The van der Waals surface area contributed by atoms with Gasteiger partial charge in [-0.05, 0) is 29.3 Å². The second kappa shape index (κ2) is 4.80. The molecule has 0 saturated heterocycles. The van der Waals surface area contributed by atoms with Gasteiger partial charge in [0.15, 0.2) is 9.84 Å². The molecule has 3 heterocycles. The van der Waals surface area contributed by atoms with Crippen molar-refractivity contribution in [2.75, 3.05) is 5.75 Å². The summed E-state index contributed by atoms with van der Waals surface area (Å²) in [5.41, 5.74) is 0.977. The third-order valence-electron chi connectivity index (χ3n) is 2.93. The molecule has 0 N–H and O–H groups in total. The molecule has 104 valence electrons. The van der Waals surface area contributed by atoms with Crippen molar-refractivity contribution in [3.8, 4) is 0 Å². The number of rotatable bonds is 2. The lowest BCUT2D eigenvalue weighted by atomic mass is 10.2. The number of hydrogen-bond donors (Lipinski definition) is 0. The molecule has 2 aromatic heterocycles. The van der Waals surface area contributed by atoms with Crippen LogP contribution in [0.1, 0.15) is 15.2 Å². The second-order valence-corrected chi connectivity index (χ2v) is 8.31. The largest absolute Gasteiger partial charge is 0.544 e. The molecule has 0 aliphatic carbocycles. The van der Waals surface area contributed by atoms with E-state index in [1.165, 1.54) is 11.3 Å². The van der Waals surface area contributed by atoms with Crippen molar-refractivity contribution in [3.63, 3.8) is 0 Å². The second-order valence-electron chi connectivity index (χ2n) is 4.17. The van der Waals surface area contributed by atoms with Crippen LogP contribution in [-0.4, -0.2) is 20.1 Å². The molecule has 0 radical (unpaired) electrons. The molecule has 8 heteroatoms. The monoisotopic (exact) mass is 326 g/mol. The maximum atomic E-state index is 11.8. The molecule has 0 aromatic carbocycles. The number of fused-ring (bicyclic) bond motifs is 1. The highest BCUT2D eigenvalue weighted by Gasteiger charge is 2.28. The van der Waals surface area contributed by atoms with Crippen LogP contribution in [0.15, 0.2) is 32.1 Å². The van der Waals surface area contributed by atoms with Gasteiger partial charge in [0, 0.05) is 5.56 Å². The molecule has 0 atom stereocenters. The fourth-order valence-corrected chi connectivity index (χ4v) is 5.61. The summed E-state index contributed by atoms with van der Waals surface area (Å²) in [7, 11) is -3.20. The van der Waals surface area contributed by atoms with E-state index >= 15 is 0 Å². The van der Waals surface area contributed by atoms with E-state index in [-0.39, 0.29) is 10.6 Å². The number of carbonyl (C=O) groups excluding carboxylic acids is 1. The fourth-order valence-electron chi connectivity index (χ4n) is 2.03. The van der Waals surface area contributed by atoms with Gasteiger partial charge >= 0.3 is 0 Å². The third kappa shape index (κ3) is 2.19. The fraction of sp³-hybridized carbons (Fsp3) is 0.167. The number of carboxylic acids is 1. The lowest BCUT2D eigenvalue weighted by molar-refractivity contribution is -0.254. The summed E-state index contributed by atoms with van der Waals surface area (Å²) in [4.78, 5) is 15.3. The van der Waals surface area contributed by atoms with Crippen LogP contribution in [-0.2, 0) is 16.3 Å². The first-order valence-electron chi connectivity index (χ1n) is 5.66. The molecule has 1 aliphatic heterocycles. The Kier molecular flexibility index (Phi) is 3.23. The topological polar surface area (TPSA) is 86.6 Å². The van der Waals surface area contributed by atoms with E-state index < -0.39 is 15.8 Å². The first kappa shape index (κ1) is 13.5. The molecule has 20 heavy (non-hydrogen) atoms. The first-order valence-corrected chi connectivity index (χ1v) is 9.07. The van der Waals surface area contributed by atoms with Gasteiger partial charge in [0.25, 0.3) is 0 Å². The van der Waals surface area contributed by atoms with Crippen molar-refractivity contribution in [1.82, 2.24) is 0 Å². The summed E-state index contributed by atoms with van der Waals surface area (Å²) >= 11 is 2.21. The number of sulfone groups is 1. The Morgan fingerprint density at radius 2 is 2.00 bits per heavy atom. The molecule has 2 aromatic rings. The minimum Gasteiger partial charge on any atom is -0.544 e. The minimum absolute atomic E-state index is 0.0483. The van der Waals surface area contributed by atoms with Crippen LogP contribution in [0.4, 0.5) is 5.69 Å². The lowest BCUT2D eigenvalue weighted by Crippen LogP contribution is -2.21. The average molecular weight is 326 g/mol. The predicted molar refractivity (Wildman–Crippen MR) is 73.9 cm³/mol. The summed E-state index contributed by atoms with van der Waals surface area (Å²) in [6, 6.07) is 3.29. The van der Waals surface area contributed by atoms with Gasteiger partial charge in [0.1, 0.15) is 4.21 Å². The van der Waals surface area contributed by atoms with Gasteiger partial charge in [0.2, 0.25) is 0 Å². The molecule has 3 rings (SSSR count). The highest BCUT2D eigenvalue weighted by Crippen LogP contribution is 2.28. The van der Waals surface area contributed by atoms with Gasteiger partial charge in [-0.3, -0.25) is 0 Å². The Morgan fingerprint density at radius 1 is 1.25 bits per heavy atom. The van der Waals surface area contributed by atoms with Crippen LogP contribution in [0.2, 0.25) is 0 Å². The van der Waals surface area contributed by atoms with Crippen molar-refractivity contribution in [2.45, 2.75) is 10.6 Å². The van der Waals surface area contributed by atoms with Gasteiger partial charge < -0.3 is 9.90 Å². The number of hydrogen-bond acceptors (Lipinski definition) is 7. The highest BCUT2D eigenvalue weighted by atomic mass is 32.2. The predicted octanol–water partition coefficient (Wildman–Crippen LogP) is 0.735. The zero-order chi connectivity index (χ0) is 14.3. The number of thiophene rings is 1. The molecule has 0 unspecified atom stereocenters. The maximum Gasteiger partial charge on any atom is 0.188 e. The third-order valence-corrected chi connectivity index (χ3v) is 7.15. The molecular formula is C12H8NO4S3-. The molecule has 0 amide bonds. The molecule has 0 fully saturated rings. The van der Waals surface area contributed by atoms with E-state index in [2.05, 4.69) is 4.99 Å². The number of carbonyl (C=O) groups is 1. The number of nitrogens with zero attached hydrogens (tertiary/aromatic N) is 1. The van der Waals surface area contributed by atoms with Gasteiger partial charge in [-0.2, -0.15) is 0 Å². The van der Waals surface area contributed by atoms with Gasteiger partial charge in [-0.25, -0.2) is 13.4 Å². The quantitative estimate of drug-likeness (QED) is 0.814. The molecule has 0 spiro atoms. The van der Waals surface area contributed by atoms with Crippen molar-refractivity contribution in [2.24, 2.45) is 4.99 Å². The van der Waals surface area contributed by atoms with E-state index in [0.29, 0.717) is 27.2 Å². The minimum atomic E-state index is -3.20. The Balaban J connectivity index is 2.22. The molecule has 5 nitrogen and oxygen atoms in total. The molecule has 0 bridgehead atoms. The van der Waals surface area contributed by atoms with Crippen LogP contribution >= 0.6 is 22.7 Å². The van der Waals surface area contributed by atoms with Crippen molar-refractivity contribution < 1.29 is 18.3 Å². The lowest BCUT2D eigenvalue weighted by Gasteiger charge is -2.01. The summed E-state index contributed by atoms with van der Waals surface area (Å²) in [6.45, 7) is 0. The molecule has 1 aliphatic rings. The van der Waals surface area contributed by atoms with Gasteiger partial charge in [0.05, 0.1) is 27.6 Å². The van der Waals surface area contributed by atoms with Crippen molar-refractivity contribution in [1.29, 1.82) is 0 Å². The van der Waals surface area contributed by atoms with E-state index in [1.54, 1.807) is 22.9 Å². The Labute approximate surface area is 122 Å². The van der Waals surface area contributed by atoms with Gasteiger partial charge in [-0.1, -0.05) is 0 Å². The Bertz CT molecular complexity index is 861. The normalized spacial score (nSPS) is 17.1. The van der Waals surface area contributed by atoms with Crippen molar-refractivity contribution in [3.05, 3.63) is 38.7 Å². The SMILES string of the molecule is O=C([O-])c1sccc1N=c1ccsc2c1CCS2(=O)=O. The number of carboxylic acid groups (broad SMARTS) is 1. The maximum absolute atomic E-state index is 11.8. The van der Waals surface area contributed by atoms with Crippen LogP contribution in [0.3, 0.4) is 0 Å². The Morgan fingerprint density at radius 3 is 2.75 bits per heavy atom. The van der Waals surface area contributed by atoms with Crippen LogP contribution in [0.25, 0.3) is 0 Å². The standard InChI is InChI=1S/C12H9NO4S3/c14-11(15)10-9(2-4-18-10)13-8-1-5-19-12-7(8)3-6-20(12,16)17/h1-2,4-5H,3,6H2,(H,14,15)/p-1.